The normalized spacial score (nSPS) is 12.1. The molecule has 6 nitrogen and oxygen atoms in total. The molecule has 0 unspecified atom stereocenters. The zero-order valence-electron chi connectivity index (χ0n) is 13.4. The van der Waals surface area contributed by atoms with Gasteiger partial charge >= 0.3 is 0 Å². The van der Waals surface area contributed by atoms with E-state index >= 15 is 0 Å². The number of methoxy groups -OCH3 is 1. The van der Waals surface area contributed by atoms with Gasteiger partial charge in [0.15, 0.2) is 9.84 Å². The van der Waals surface area contributed by atoms with Crippen molar-refractivity contribution < 1.29 is 21.6 Å². The number of rotatable bonds is 7. The van der Waals surface area contributed by atoms with E-state index in [0.29, 0.717) is 6.42 Å². The summed E-state index contributed by atoms with van der Waals surface area (Å²) in [5, 5.41) is 0. The lowest BCUT2D eigenvalue weighted by Gasteiger charge is -2.12. The van der Waals surface area contributed by atoms with E-state index in [4.69, 9.17) is 4.74 Å². The van der Waals surface area contributed by atoms with Gasteiger partial charge in [-0.25, -0.2) is 21.6 Å². The fourth-order valence-electron chi connectivity index (χ4n) is 2.15. The van der Waals surface area contributed by atoms with Gasteiger partial charge in [-0.05, 0) is 30.2 Å². The molecule has 0 fully saturated rings. The van der Waals surface area contributed by atoms with E-state index in [-0.39, 0.29) is 22.1 Å². The van der Waals surface area contributed by atoms with Crippen LogP contribution in [0.5, 0.6) is 5.75 Å². The molecule has 0 bridgehead atoms. The minimum absolute atomic E-state index is 0.0771. The molecule has 2 aromatic rings. The number of hydrogen-bond donors (Lipinski definition) is 1. The van der Waals surface area contributed by atoms with Gasteiger partial charge in [0.25, 0.3) is 0 Å². The average molecular weight is 369 g/mol. The van der Waals surface area contributed by atoms with E-state index in [1.807, 2.05) is 30.3 Å². The van der Waals surface area contributed by atoms with Gasteiger partial charge in [-0.1, -0.05) is 30.3 Å². The molecule has 2 aromatic carbocycles. The summed E-state index contributed by atoms with van der Waals surface area (Å²) >= 11 is 0. The molecule has 8 heteroatoms. The molecule has 130 valence electrons. The fourth-order valence-corrected chi connectivity index (χ4v) is 4.10. The molecule has 0 spiro atoms. The van der Waals surface area contributed by atoms with Gasteiger partial charge < -0.3 is 4.74 Å². The molecule has 0 aliphatic carbocycles. The van der Waals surface area contributed by atoms with E-state index in [1.54, 1.807) is 0 Å². The average Bonchev–Trinajstić information content (AvgIpc) is 2.54. The SMILES string of the molecule is COc1ccc(S(C)(=O)=O)cc1S(=O)(=O)NCCc1ccccc1. The monoisotopic (exact) mass is 369 g/mol. The molecule has 1 N–H and O–H groups in total. The molecule has 2 rings (SSSR count). The smallest absolute Gasteiger partial charge is 0.244 e. The van der Waals surface area contributed by atoms with Crippen LogP contribution in [0.25, 0.3) is 0 Å². The van der Waals surface area contributed by atoms with Crippen molar-refractivity contribution in [2.24, 2.45) is 0 Å². The highest BCUT2D eigenvalue weighted by atomic mass is 32.2. The number of sulfone groups is 1. The Balaban J connectivity index is 2.24. The highest BCUT2D eigenvalue weighted by molar-refractivity contribution is 7.91. The van der Waals surface area contributed by atoms with Crippen LogP contribution in [-0.4, -0.2) is 36.7 Å². The number of hydrogen-bond acceptors (Lipinski definition) is 5. The topological polar surface area (TPSA) is 89.5 Å². The molecule has 0 aliphatic rings. The molecule has 0 aliphatic heterocycles. The van der Waals surface area contributed by atoms with E-state index in [0.717, 1.165) is 17.9 Å². The highest BCUT2D eigenvalue weighted by Crippen LogP contribution is 2.26. The van der Waals surface area contributed by atoms with Crippen molar-refractivity contribution in [3.63, 3.8) is 0 Å². The summed E-state index contributed by atoms with van der Waals surface area (Å²) in [6, 6.07) is 13.2. The molecule has 0 radical (unpaired) electrons. The van der Waals surface area contributed by atoms with Crippen LogP contribution >= 0.6 is 0 Å². The van der Waals surface area contributed by atoms with Crippen LogP contribution in [0.4, 0.5) is 0 Å². The van der Waals surface area contributed by atoms with Crippen molar-refractivity contribution in [2.45, 2.75) is 16.2 Å². The second-order valence-electron chi connectivity index (χ2n) is 5.22. The number of ether oxygens (including phenoxy) is 1. The summed E-state index contributed by atoms with van der Waals surface area (Å²) in [6.45, 7) is 0.193. The first-order valence-electron chi connectivity index (χ1n) is 7.16. The lowest BCUT2D eigenvalue weighted by molar-refractivity contribution is 0.401. The van der Waals surface area contributed by atoms with Gasteiger partial charge in [0, 0.05) is 12.8 Å². The summed E-state index contributed by atoms with van der Waals surface area (Å²) in [7, 11) is -6.09. The van der Waals surface area contributed by atoms with Crippen LogP contribution in [0, 0.1) is 0 Å². The van der Waals surface area contributed by atoms with Crippen molar-refractivity contribution in [3.8, 4) is 5.75 Å². The highest BCUT2D eigenvalue weighted by Gasteiger charge is 2.22. The van der Waals surface area contributed by atoms with E-state index in [1.165, 1.54) is 19.2 Å². The van der Waals surface area contributed by atoms with Crippen molar-refractivity contribution >= 4 is 19.9 Å². The third-order valence-electron chi connectivity index (χ3n) is 3.40. The molecular formula is C16H19NO5S2. The lowest BCUT2D eigenvalue weighted by Crippen LogP contribution is -2.26. The third-order valence-corrected chi connectivity index (χ3v) is 5.99. The molecule has 0 aromatic heterocycles. The van der Waals surface area contributed by atoms with Crippen molar-refractivity contribution in [3.05, 3.63) is 54.1 Å². The zero-order chi connectivity index (χ0) is 17.8. The molecule has 0 saturated carbocycles. The summed E-state index contributed by atoms with van der Waals surface area (Å²) in [4.78, 5) is -0.271. The maximum atomic E-state index is 12.5. The van der Waals surface area contributed by atoms with E-state index < -0.39 is 19.9 Å². The molecule has 0 atom stereocenters. The van der Waals surface area contributed by atoms with Crippen LogP contribution in [0.1, 0.15) is 5.56 Å². The summed E-state index contributed by atoms with van der Waals surface area (Å²) < 4.78 is 55.8. The second kappa shape index (κ2) is 7.33. The van der Waals surface area contributed by atoms with Crippen LogP contribution in [0.2, 0.25) is 0 Å². The molecular weight excluding hydrogens is 350 g/mol. The Morgan fingerprint density at radius 2 is 1.67 bits per heavy atom. The van der Waals surface area contributed by atoms with Gasteiger partial charge in [0.2, 0.25) is 10.0 Å². The van der Waals surface area contributed by atoms with Gasteiger partial charge in [-0.3, -0.25) is 0 Å². The van der Waals surface area contributed by atoms with Crippen molar-refractivity contribution in [2.75, 3.05) is 19.9 Å². The lowest BCUT2D eigenvalue weighted by atomic mass is 10.2. The van der Waals surface area contributed by atoms with Gasteiger partial charge in [0.1, 0.15) is 10.6 Å². The number of sulfonamides is 1. The quantitative estimate of drug-likeness (QED) is 0.801. The molecule has 0 saturated heterocycles. The number of nitrogens with one attached hydrogen (secondary N) is 1. The Morgan fingerprint density at radius 1 is 1.00 bits per heavy atom. The first-order valence-corrected chi connectivity index (χ1v) is 10.5. The van der Waals surface area contributed by atoms with Crippen LogP contribution in [0.15, 0.2) is 58.3 Å². The Morgan fingerprint density at radius 3 is 2.25 bits per heavy atom. The van der Waals surface area contributed by atoms with Crippen molar-refractivity contribution in [1.82, 2.24) is 4.72 Å². The molecule has 0 amide bonds. The zero-order valence-corrected chi connectivity index (χ0v) is 15.0. The Bertz CT molecular complexity index is 907. The second-order valence-corrected chi connectivity index (χ2v) is 8.97. The van der Waals surface area contributed by atoms with Crippen LogP contribution < -0.4 is 9.46 Å². The molecule has 0 heterocycles. The fraction of sp³-hybridized carbons (Fsp3) is 0.250. The van der Waals surface area contributed by atoms with Gasteiger partial charge in [-0.15, -0.1) is 0 Å². The summed E-state index contributed by atoms with van der Waals surface area (Å²) in [5.41, 5.74) is 0.997. The van der Waals surface area contributed by atoms with E-state index in [2.05, 4.69) is 4.72 Å². The first-order chi connectivity index (χ1) is 11.2. The maximum Gasteiger partial charge on any atom is 0.244 e. The maximum absolute atomic E-state index is 12.5. The van der Waals surface area contributed by atoms with Crippen molar-refractivity contribution in [1.29, 1.82) is 0 Å². The number of benzene rings is 2. The predicted molar refractivity (Wildman–Crippen MR) is 91.4 cm³/mol. The van der Waals surface area contributed by atoms with Crippen LogP contribution in [0.3, 0.4) is 0 Å². The van der Waals surface area contributed by atoms with Gasteiger partial charge in [-0.2, -0.15) is 0 Å². The van der Waals surface area contributed by atoms with Crippen LogP contribution in [-0.2, 0) is 26.3 Å². The van der Waals surface area contributed by atoms with E-state index in [9.17, 15) is 16.8 Å². The first kappa shape index (κ1) is 18.4. The summed E-state index contributed by atoms with van der Waals surface area (Å²) in [6.07, 6.45) is 1.54. The Kier molecular flexibility index (Phi) is 5.63. The Labute approximate surface area is 142 Å². The standard InChI is InChI=1S/C16H19NO5S2/c1-22-15-9-8-14(23(2,18)19)12-16(15)24(20,21)17-11-10-13-6-4-3-5-7-13/h3-9,12,17H,10-11H2,1-2H3. The minimum atomic E-state index is -3.90. The van der Waals surface area contributed by atoms with Gasteiger partial charge in [0.05, 0.1) is 12.0 Å². The molecule has 24 heavy (non-hydrogen) atoms. The largest absolute Gasteiger partial charge is 0.495 e. The summed E-state index contributed by atoms with van der Waals surface area (Å²) in [5.74, 6) is 0.0922. The predicted octanol–water partition coefficient (Wildman–Crippen LogP) is 1.62. The third kappa shape index (κ3) is 4.56. The Hall–Kier alpha value is -1.90. The minimum Gasteiger partial charge on any atom is -0.495 e.